The van der Waals surface area contributed by atoms with Crippen LogP contribution in [-0.2, 0) is 4.79 Å². The highest BCUT2D eigenvalue weighted by Crippen LogP contribution is 2.20. The van der Waals surface area contributed by atoms with Crippen molar-refractivity contribution in [3.8, 4) is 6.07 Å². The summed E-state index contributed by atoms with van der Waals surface area (Å²) < 4.78 is 0. The predicted octanol–water partition coefficient (Wildman–Crippen LogP) is 2.50. The van der Waals surface area contributed by atoms with Gasteiger partial charge in [0.25, 0.3) is 0 Å². The Bertz CT molecular complexity index is 505. The van der Waals surface area contributed by atoms with Gasteiger partial charge in [-0.1, -0.05) is 17.7 Å². The fourth-order valence-corrected chi connectivity index (χ4v) is 2.15. The second kappa shape index (κ2) is 7.54. The Labute approximate surface area is 121 Å². The fraction of sp³-hybridized carbons (Fsp3) is 0.500. The third-order valence-electron chi connectivity index (χ3n) is 3.41. The van der Waals surface area contributed by atoms with Crippen LogP contribution < -0.4 is 4.90 Å². The summed E-state index contributed by atoms with van der Waals surface area (Å²) in [6.07, 6.45) is 0.848. The van der Waals surface area contributed by atoms with Crippen LogP contribution in [0.25, 0.3) is 0 Å². The van der Waals surface area contributed by atoms with Gasteiger partial charge in [0.05, 0.1) is 12.5 Å². The van der Waals surface area contributed by atoms with E-state index in [9.17, 15) is 4.79 Å². The average Bonchev–Trinajstić information content (AvgIpc) is 2.41. The minimum atomic E-state index is 0.0804. The van der Waals surface area contributed by atoms with Gasteiger partial charge in [0.15, 0.2) is 0 Å². The molecule has 0 aliphatic heterocycles. The molecule has 0 aliphatic rings. The monoisotopic (exact) mass is 273 g/mol. The Balaban J connectivity index is 2.53. The number of hydrogen-bond donors (Lipinski definition) is 0. The van der Waals surface area contributed by atoms with E-state index in [1.165, 1.54) is 11.1 Å². The smallest absolute Gasteiger partial charge is 0.224 e. The van der Waals surface area contributed by atoms with E-state index in [0.29, 0.717) is 25.9 Å². The molecule has 0 aliphatic carbocycles. The number of anilines is 1. The molecule has 0 saturated carbocycles. The zero-order chi connectivity index (χ0) is 15.1. The zero-order valence-corrected chi connectivity index (χ0v) is 12.8. The Hall–Kier alpha value is -2.02. The molecular weight excluding hydrogens is 250 g/mol. The van der Waals surface area contributed by atoms with Crippen molar-refractivity contribution in [1.29, 1.82) is 5.26 Å². The second-order valence-corrected chi connectivity index (χ2v) is 5.18. The summed E-state index contributed by atoms with van der Waals surface area (Å²) in [4.78, 5) is 15.6. The number of carbonyl (C=O) groups excluding carboxylic acids is 1. The lowest BCUT2D eigenvalue weighted by atomic mass is 10.1. The van der Waals surface area contributed by atoms with Crippen LogP contribution in [-0.4, -0.2) is 38.0 Å². The van der Waals surface area contributed by atoms with E-state index in [4.69, 9.17) is 5.26 Å². The first-order chi connectivity index (χ1) is 9.45. The number of nitriles is 1. The second-order valence-electron chi connectivity index (χ2n) is 5.18. The molecule has 1 aromatic carbocycles. The average molecular weight is 273 g/mol. The van der Waals surface area contributed by atoms with E-state index < -0.39 is 0 Å². The summed E-state index contributed by atoms with van der Waals surface area (Å²) in [5.74, 6) is 0.0804. The molecule has 0 bridgehead atoms. The van der Waals surface area contributed by atoms with Crippen LogP contribution in [0.5, 0.6) is 0 Å². The van der Waals surface area contributed by atoms with Gasteiger partial charge in [-0.3, -0.25) is 4.79 Å². The minimum Gasteiger partial charge on any atom is -0.374 e. The Morgan fingerprint density at radius 3 is 2.55 bits per heavy atom. The highest BCUT2D eigenvalue weighted by Gasteiger charge is 2.11. The molecule has 1 rings (SSSR count). The first-order valence-electron chi connectivity index (χ1n) is 6.85. The summed E-state index contributed by atoms with van der Waals surface area (Å²) in [6.45, 7) is 5.34. The highest BCUT2D eigenvalue weighted by atomic mass is 16.2. The molecule has 0 aromatic heterocycles. The molecule has 0 fully saturated rings. The zero-order valence-electron chi connectivity index (χ0n) is 12.8. The molecule has 0 spiro atoms. The van der Waals surface area contributed by atoms with E-state index >= 15 is 0 Å². The quantitative estimate of drug-likeness (QED) is 0.800. The van der Waals surface area contributed by atoms with Crippen molar-refractivity contribution >= 4 is 11.6 Å². The molecule has 0 saturated heterocycles. The summed E-state index contributed by atoms with van der Waals surface area (Å²) >= 11 is 0. The van der Waals surface area contributed by atoms with Crippen molar-refractivity contribution in [3.63, 3.8) is 0 Å². The lowest BCUT2D eigenvalue weighted by molar-refractivity contribution is -0.129. The Morgan fingerprint density at radius 2 is 1.95 bits per heavy atom. The molecule has 1 amide bonds. The summed E-state index contributed by atoms with van der Waals surface area (Å²) in [6, 6.07) is 8.37. The Kier molecular flexibility index (Phi) is 6.05. The van der Waals surface area contributed by atoms with E-state index in [-0.39, 0.29) is 5.91 Å². The van der Waals surface area contributed by atoms with Crippen molar-refractivity contribution in [2.45, 2.75) is 26.7 Å². The van der Waals surface area contributed by atoms with Gasteiger partial charge in [0, 0.05) is 39.3 Å². The maximum Gasteiger partial charge on any atom is 0.224 e. The van der Waals surface area contributed by atoms with Gasteiger partial charge in [-0.15, -0.1) is 0 Å². The lowest BCUT2D eigenvalue weighted by Crippen LogP contribution is -2.31. The van der Waals surface area contributed by atoms with Crippen LogP contribution in [0.2, 0.25) is 0 Å². The van der Waals surface area contributed by atoms with Gasteiger partial charge in [-0.05, 0) is 25.5 Å². The number of amides is 1. The molecule has 0 heterocycles. The summed E-state index contributed by atoms with van der Waals surface area (Å²) in [7, 11) is 3.75. The Morgan fingerprint density at radius 1 is 1.25 bits per heavy atom. The van der Waals surface area contributed by atoms with Crippen molar-refractivity contribution in [3.05, 3.63) is 29.3 Å². The van der Waals surface area contributed by atoms with E-state index in [1.807, 2.05) is 7.05 Å². The van der Waals surface area contributed by atoms with E-state index in [0.717, 1.165) is 5.69 Å². The van der Waals surface area contributed by atoms with Crippen LogP contribution >= 0.6 is 0 Å². The predicted molar refractivity (Wildman–Crippen MR) is 81.7 cm³/mol. The van der Waals surface area contributed by atoms with Crippen LogP contribution in [0.4, 0.5) is 5.69 Å². The van der Waals surface area contributed by atoms with Crippen molar-refractivity contribution in [2.75, 3.05) is 32.1 Å². The first-order valence-corrected chi connectivity index (χ1v) is 6.85. The molecular formula is C16H23N3O. The lowest BCUT2D eigenvalue weighted by Gasteiger charge is -2.23. The molecule has 20 heavy (non-hydrogen) atoms. The number of hydrogen-bond acceptors (Lipinski definition) is 3. The molecule has 108 valence electrons. The van der Waals surface area contributed by atoms with E-state index in [2.05, 4.69) is 43.0 Å². The first kappa shape index (κ1) is 16.0. The fourth-order valence-electron chi connectivity index (χ4n) is 2.15. The topological polar surface area (TPSA) is 47.3 Å². The van der Waals surface area contributed by atoms with Gasteiger partial charge in [0.1, 0.15) is 0 Å². The molecule has 0 unspecified atom stereocenters. The van der Waals surface area contributed by atoms with Crippen molar-refractivity contribution in [1.82, 2.24) is 4.90 Å². The molecule has 1 aromatic rings. The summed E-state index contributed by atoms with van der Waals surface area (Å²) in [5, 5.41) is 8.52. The maximum atomic E-state index is 11.9. The molecule has 0 radical (unpaired) electrons. The van der Waals surface area contributed by atoms with E-state index in [1.54, 1.807) is 11.9 Å². The number of nitrogens with zero attached hydrogens (tertiary/aromatic N) is 3. The number of aryl methyl sites for hydroxylation is 2. The molecule has 0 N–H and O–H groups in total. The van der Waals surface area contributed by atoms with Crippen molar-refractivity contribution in [2.24, 2.45) is 0 Å². The van der Waals surface area contributed by atoms with Gasteiger partial charge >= 0.3 is 0 Å². The van der Waals surface area contributed by atoms with Gasteiger partial charge in [-0.2, -0.15) is 5.26 Å². The van der Waals surface area contributed by atoms with Crippen molar-refractivity contribution < 1.29 is 4.79 Å². The maximum absolute atomic E-state index is 11.9. The third kappa shape index (κ3) is 4.58. The number of carbonyl (C=O) groups is 1. The molecule has 4 nitrogen and oxygen atoms in total. The standard InChI is InChI=1S/C16H23N3O/c1-13-6-7-15(14(2)12-13)18(3)11-8-16(20)19(4)10-5-9-17/h6-7,12H,5,8,10-11H2,1-4H3. The van der Waals surface area contributed by atoms with Gasteiger partial charge in [0.2, 0.25) is 5.91 Å². The third-order valence-corrected chi connectivity index (χ3v) is 3.41. The molecule has 0 atom stereocenters. The van der Waals surface area contributed by atoms with Crippen LogP contribution in [0, 0.1) is 25.2 Å². The normalized spacial score (nSPS) is 9.95. The van der Waals surface area contributed by atoms with Crippen LogP contribution in [0.1, 0.15) is 24.0 Å². The summed E-state index contributed by atoms with van der Waals surface area (Å²) in [5.41, 5.74) is 3.62. The SMILES string of the molecule is Cc1ccc(N(C)CCC(=O)N(C)CCC#N)c(C)c1. The van der Waals surface area contributed by atoms with Gasteiger partial charge in [-0.25, -0.2) is 0 Å². The largest absolute Gasteiger partial charge is 0.374 e. The van der Waals surface area contributed by atoms with Gasteiger partial charge < -0.3 is 9.80 Å². The van der Waals surface area contributed by atoms with Crippen LogP contribution in [0.3, 0.4) is 0 Å². The molecule has 4 heteroatoms. The van der Waals surface area contributed by atoms with Crippen LogP contribution in [0.15, 0.2) is 18.2 Å². The number of benzene rings is 1. The highest BCUT2D eigenvalue weighted by molar-refractivity contribution is 5.76. The minimum absolute atomic E-state index is 0.0804. The number of rotatable bonds is 6.